The van der Waals surface area contributed by atoms with Crippen molar-refractivity contribution in [3.63, 3.8) is 0 Å². The molecule has 1 atom stereocenters. The van der Waals surface area contributed by atoms with E-state index >= 15 is 0 Å². The van der Waals surface area contributed by atoms with E-state index in [2.05, 4.69) is 15.5 Å². The molecule has 0 saturated heterocycles. The highest BCUT2D eigenvalue weighted by molar-refractivity contribution is 5.91. The molecule has 1 aromatic carbocycles. The number of aromatic nitrogens is 3. The van der Waals surface area contributed by atoms with Gasteiger partial charge >= 0.3 is 0 Å². The molecule has 1 amide bonds. The lowest BCUT2D eigenvalue weighted by Crippen LogP contribution is -2.29. The number of hydrogen-bond acceptors (Lipinski definition) is 4. The summed E-state index contributed by atoms with van der Waals surface area (Å²) in [5, 5.41) is 11.0. The second-order valence-corrected chi connectivity index (χ2v) is 4.38. The Morgan fingerprint density at radius 2 is 2.16 bits per heavy atom. The third kappa shape index (κ3) is 3.62. The summed E-state index contributed by atoms with van der Waals surface area (Å²) in [6, 6.07) is 9.51. The van der Waals surface area contributed by atoms with Crippen molar-refractivity contribution in [2.75, 3.05) is 6.54 Å². The number of hydrogen-bond donors (Lipinski definition) is 2. The van der Waals surface area contributed by atoms with Gasteiger partial charge in [-0.2, -0.15) is 9.90 Å². The number of carbonyl (C=O) groups excluding carboxylic acids is 1. The van der Waals surface area contributed by atoms with Crippen molar-refractivity contribution in [2.24, 2.45) is 5.73 Å². The van der Waals surface area contributed by atoms with E-state index in [0.717, 1.165) is 12.1 Å². The largest absolute Gasteiger partial charge is 0.351 e. The zero-order valence-electron chi connectivity index (χ0n) is 10.8. The van der Waals surface area contributed by atoms with E-state index in [1.807, 2.05) is 37.3 Å². The fraction of sp³-hybridized carbons (Fsp3) is 0.308. The quantitative estimate of drug-likeness (QED) is 0.829. The lowest BCUT2D eigenvalue weighted by molar-refractivity contribution is 0.0947. The second-order valence-electron chi connectivity index (χ2n) is 4.38. The van der Waals surface area contributed by atoms with Gasteiger partial charge in [-0.3, -0.25) is 4.79 Å². The smallest absolute Gasteiger partial charge is 0.273 e. The monoisotopic (exact) mass is 259 g/mol. The molecule has 2 rings (SSSR count). The van der Waals surface area contributed by atoms with Gasteiger partial charge in [0, 0.05) is 12.6 Å². The normalized spacial score (nSPS) is 12.1. The summed E-state index contributed by atoms with van der Waals surface area (Å²) in [5.74, 6) is -0.233. The first-order valence-corrected chi connectivity index (χ1v) is 6.18. The summed E-state index contributed by atoms with van der Waals surface area (Å²) >= 11 is 0. The molecule has 100 valence electrons. The predicted molar refractivity (Wildman–Crippen MR) is 72.0 cm³/mol. The van der Waals surface area contributed by atoms with Gasteiger partial charge in [-0.25, -0.2) is 0 Å². The molecular weight excluding hydrogens is 242 g/mol. The van der Waals surface area contributed by atoms with Gasteiger partial charge in [0.1, 0.15) is 0 Å². The maximum atomic E-state index is 11.8. The SMILES string of the molecule is CC(N)CCNC(=O)c1cnn(-c2ccccc2)n1. The molecule has 6 heteroatoms. The van der Waals surface area contributed by atoms with Crippen molar-refractivity contribution in [3.8, 4) is 5.69 Å². The number of nitrogens with one attached hydrogen (secondary N) is 1. The first-order chi connectivity index (χ1) is 9.16. The van der Waals surface area contributed by atoms with Crippen LogP contribution in [0.4, 0.5) is 0 Å². The van der Waals surface area contributed by atoms with Crippen LogP contribution in [0.5, 0.6) is 0 Å². The molecule has 6 nitrogen and oxygen atoms in total. The van der Waals surface area contributed by atoms with Crippen LogP contribution in [0.25, 0.3) is 5.69 Å². The summed E-state index contributed by atoms with van der Waals surface area (Å²) in [7, 11) is 0. The highest BCUT2D eigenvalue weighted by atomic mass is 16.2. The summed E-state index contributed by atoms with van der Waals surface area (Å²) in [6.07, 6.45) is 2.19. The Morgan fingerprint density at radius 3 is 2.84 bits per heavy atom. The summed E-state index contributed by atoms with van der Waals surface area (Å²) in [6.45, 7) is 2.44. The van der Waals surface area contributed by atoms with Gasteiger partial charge in [-0.05, 0) is 25.5 Å². The molecule has 0 aliphatic heterocycles. The number of nitrogens with two attached hydrogens (primary N) is 1. The van der Waals surface area contributed by atoms with Crippen molar-refractivity contribution >= 4 is 5.91 Å². The van der Waals surface area contributed by atoms with E-state index in [1.54, 1.807) is 0 Å². The molecule has 0 aliphatic carbocycles. The topological polar surface area (TPSA) is 85.8 Å². The van der Waals surface area contributed by atoms with Crippen molar-refractivity contribution in [3.05, 3.63) is 42.2 Å². The van der Waals surface area contributed by atoms with Gasteiger partial charge in [0.2, 0.25) is 0 Å². The van der Waals surface area contributed by atoms with E-state index in [-0.39, 0.29) is 11.9 Å². The molecular formula is C13H17N5O. The highest BCUT2D eigenvalue weighted by Crippen LogP contribution is 2.04. The van der Waals surface area contributed by atoms with Gasteiger partial charge < -0.3 is 11.1 Å². The summed E-state index contributed by atoms with van der Waals surface area (Å²) in [4.78, 5) is 13.2. The zero-order chi connectivity index (χ0) is 13.7. The maximum Gasteiger partial charge on any atom is 0.273 e. The maximum absolute atomic E-state index is 11.8. The van der Waals surface area contributed by atoms with E-state index < -0.39 is 0 Å². The first-order valence-electron chi connectivity index (χ1n) is 6.18. The number of carbonyl (C=O) groups is 1. The van der Waals surface area contributed by atoms with Crippen LogP contribution in [0.15, 0.2) is 36.5 Å². The molecule has 0 saturated carbocycles. The van der Waals surface area contributed by atoms with Crippen molar-refractivity contribution in [2.45, 2.75) is 19.4 Å². The molecule has 1 heterocycles. The lowest BCUT2D eigenvalue weighted by Gasteiger charge is -2.05. The Labute approximate surface area is 111 Å². The van der Waals surface area contributed by atoms with Crippen LogP contribution >= 0.6 is 0 Å². The second kappa shape index (κ2) is 6.10. The Kier molecular flexibility index (Phi) is 4.25. The molecule has 0 spiro atoms. The summed E-state index contributed by atoms with van der Waals surface area (Å²) in [5.41, 5.74) is 6.73. The average Bonchev–Trinajstić information content (AvgIpc) is 2.89. The minimum atomic E-state index is -0.233. The number of amides is 1. The zero-order valence-corrected chi connectivity index (χ0v) is 10.8. The third-order valence-corrected chi connectivity index (χ3v) is 2.60. The van der Waals surface area contributed by atoms with Gasteiger partial charge in [0.25, 0.3) is 5.91 Å². The Bertz CT molecular complexity index is 535. The Balaban J connectivity index is 1.99. The average molecular weight is 259 g/mol. The highest BCUT2D eigenvalue weighted by Gasteiger charge is 2.10. The predicted octanol–water partition coefficient (Wildman–Crippen LogP) is 0.734. The lowest BCUT2D eigenvalue weighted by atomic mass is 10.2. The van der Waals surface area contributed by atoms with E-state index in [9.17, 15) is 4.79 Å². The van der Waals surface area contributed by atoms with Crippen LogP contribution < -0.4 is 11.1 Å². The van der Waals surface area contributed by atoms with Crippen LogP contribution in [0, 0.1) is 0 Å². The number of rotatable bonds is 5. The van der Waals surface area contributed by atoms with Crippen LogP contribution in [-0.2, 0) is 0 Å². The molecule has 0 radical (unpaired) electrons. The van der Waals surface area contributed by atoms with Crippen molar-refractivity contribution in [1.82, 2.24) is 20.3 Å². The van der Waals surface area contributed by atoms with E-state index in [1.165, 1.54) is 11.0 Å². The fourth-order valence-corrected chi connectivity index (χ4v) is 1.56. The molecule has 0 aliphatic rings. The molecule has 0 fully saturated rings. The Morgan fingerprint density at radius 1 is 1.42 bits per heavy atom. The van der Waals surface area contributed by atoms with Crippen molar-refractivity contribution in [1.29, 1.82) is 0 Å². The number of nitrogens with zero attached hydrogens (tertiary/aromatic N) is 3. The molecule has 3 N–H and O–H groups in total. The van der Waals surface area contributed by atoms with Crippen LogP contribution in [0.2, 0.25) is 0 Å². The third-order valence-electron chi connectivity index (χ3n) is 2.60. The minimum Gasteiger partial charge on any atom is -0.351 e. The molecule has 1 aromatic heterocycles. The van der Waals surface area contributed by atoms with Gasteiger partial charge in [0.05, 0.1) is 11.9 Å². The van der Waals surface area contributed by atoms with Crippen LogP contribution in [0.3, 0.4) is 0 Å². The van der Waals surface area contributed by atoms with Crippen LogP contribution in [0.1, 0.15) is 23.8 Å². The van der Waals surface area contributed by atoms with Gasteiger partial charge in [-0.15, -0.1) is 5.10 Å². The van der Waals surface area contributed by atoms with Crippen molar-refractivity contribution < 1.29 is 4.79 Å². The first kappa shape index (κ1) is 13.2. The van der Waals surface area contributed by atoms with Gasteiger partial charge in [-0.1, -0.05) is 18.2 Å². The molecule has 0 bridgehead atoms. The minimum absolute atomic E-state index is 0.0697. The number of benzene rings is 1. The van der Waals surface area contributed by atoms with Gasteiger partial charge in [0.15, 0.2) is 5.69 Å². The summed E-state index contributed by atoms with van der Waals surface area (Å²) < 4.78 is 0. The van der Waals surface area contributed by atoms with E-state index in [0.29, 0.717) is 12.2 Å². The Hall–Kier alpha value is -2.21. The van der Waals surface area contributed by atoms with E-state index in [4.69, 9.17) is 5.73 Å². The number of para-hydroxylation sites is 1. The fourth-order valence-electron chi connectivity index (χ4n) is 1.56. The van der Waals surface area contributed by atoms with Crippen LogP contribution in [-0.4, -0.2) is 33.5 Å². The molecule has 2 aromatic rings. The standard InChI is InChI=1S/C13H17N5O/c1-10(14)7-8-15-13(19)12-9-16-18(17-12)11-5-3-2-4-6-11/h2-6,9-10H,7-8,14H2,1H3,(H,15,19). The molecule has 19 heavy (non-hydrogen) atoms. The molecule has 1 unspecified atom stereocenters.